The molecule has 0 bridgehead atoms. The summed E-state index contributed by atoms with van der Waals surface area (Å²) >= 11 is 1.82. The zero-order valence-corrected chi connectivity index (χ0v) is 14.1. The Morgan fingerprint density at radius 1 is 1.35 bits per heavy atom. The van der Waals surface area contributed by atoms with E-state index in [2.05, 4.69) is 36.4 Å². The maximum Gasteiger partial charge on any atom is 0.230 e. The van der Waals surface area contributed by atoms with Crippen LogP contribution >= 0.6 is 11.8 Å². The molecule has 1 heterocycles. The van der Waals surface area contributed by atoms with Gasteiger partial charge in [0.1, 0.15) is 0 Å². The molecule has 1 amide bonds. The first-order valence-corrected chi connectivity index (χ1v) is 8.93. The predicted octanol–water partition coefficient (Wildman–Crippen LogP) is 1.71. The fourth-order valence-electron chi connectivity index (χ4n) is 2.18. The fraction of sp³-hybridized carbons (Fsp3) is 0.933. The van der Waals surface area contributed by atoms with Crippen LogP contribution in [-0.4, -0.2) is 61.1 Å². The van der Waals surface area contributed by atoms with Crippen LogP contribution in [0.1, 0.15) is 39.5 Å². The van der Waals surface area contributed by atoms with Crippen molar-refractivity contribution in [2.45, 2.75) is 50.8 Å². The van der Waals surface area contributed by atoms with Crippen molar-refractivity contribution in [3.05, 3.63) is 0 Å². The van der Waals surface area contributed by atoms with Gasteiger partial charge in [-0.2, -0.15) is 0 Å². The SMILES string of the molecule is CC(C)N(C)CCCCNC(=O)CSC1CCNCC1. The molecule has 1 aliphatic rings. The highest BCUT2D eigenvalue weighted by Crippen LogP contribution is 2.19. The number of rotatable bonds is 9. The van der Waals surface area contributed by atoms with Gasteiger partial charge in [-0.1, -0.05) is 0 Å². The molecule has 118 valence electrons. The zero-order valence-electron chi connectivity index (χ0n) is 13.3. The van der Waals surface area contributed by atoms with Gasteiger partial charge in [-0.05, 0) is 66.2 Å². The Labute approximate surface area is 128 Å². The Balaban J connectivity index is 1.94. The Morgan fingerprint density at radius 3 is 2.70 bits per heavy atom. The van der Waals surface area contributed by atoms with E-state index in [0.717, 1.165) is 39.0 Å². The van der Waals surface area contributed by atoms with Crippen molar-refractivity contribution in [3.63, 3.8) is 0 Å². The largest absolute Gasteiger partial charge is 0.355 e. The average molecular weight is 302 g/mol. The van der Waals surface area contributed by atoms with Gasteiger partial charge in [-0.3, -0.25) is 4.79 Å². The molecule has 5 heteroatoms. The van der Waals surface area contributed by atoms with Gasteiger partial charge >= 0.3 is 0 Å². The van der Waals surface area contributed by atoms with Crippen molar-refractivity contribution < 1.29 is 4.79 Å². The smallest absolute Gasteiger partial charge is 0.230 e. The van der Waals surface area contributed by atoms with E-state index in [4.69, 9.17) is 0 Å². The maximum atomic E-state index is 11.7. The van der Waals surface area contributed by atoms with Gasteiger partial charge < -0.3 is 15.5 Å². The van der Waals surface area contributed by atoms with Gasteiger partial charge in [-0.15, -0.1) is 11.8 Å². The Bertz CT molecular complexity index is 268. The van der Waals surface area contributed by atoms with Gasteiger partial charge in [0.2, 0.25) is 5.91 Å². The minimum absolute atomic E-state index is 0.200. The number of amides is 1. The van der Waals surface area contributed by atoms with Crippen LogP contribution in [0.4, 0.5) is 0 Å². The minimum atomic E-state index is 0.200. The third kappa shape index (κ3) is 8.12. The second kappa shape index (κ2) is 10.5. The summed E-state index contributed by atoms with van der Waals surface area (Å²) in [5.41, 5.74) is 0. The summed E-state index contributed by atoms with van der Waals surface area (Å²) in [6.07, 6.45) is 4.61. The molecule has 0 unspecified atom stereocenters. The monoisotopic (exact) mass is 301 g/mol. The van der Waals surface area contributed by atoms with Crippen molar-refractivity contribution in [3.8, 4) is 0 Å². The van der Waals surface area contributed by atoms with Gasteiger partial charge in [-0.25, -0.2) is 0 Å². The fourth-order valence-corrected chi connectivity index (χ4v) is 3.24. The van der Waals surface area contributed by atoms with Crippen LogP contribution in [0.2, 0.25) is 0 Å². The number of piperidine rings is 1. The number of thioether (sulfide) groups is 1. The molecule has 1 aliphatic heterocycles. The molecule has 1 fully saturated rings. The molecule has 0 saturated carbocycles. The molecule has 0 aromatic heterocycles. The first-order chi connectivity index (χ1) is 9.59. The molecule has 0 spiro atoms. The number of nitrogens with one attached hydrogen (secondary N) is 2. The normalized spacial score (nSPS) is 16.9. The average Bonchev–Trinajstić information content (AvgIpc) is 2.45. The summed E-state index contributed by atoms with van der Waals surface area (Å²) in [4.78, 5) is 14.1. The van der Waals surface area contributed by atoms with Gasteiger partial charge in [0.25, 0.3) is 0 Å². The van der Waals surface area contributed by atoms with Crippen molar-refractivity contribution >= 4 is 17.7 Å². The number of carbonyl (C=O) groups is 1. The van der Waals surface area contributed by atoms with Gasteiger partial charge in [0.15, 0.2) is 0 Å². The zero-order chi connectivity index (χ0) is 14.8. The third-order valence-electron chi connectivity index (χ3n) is 3.88. The van der Waals surface area contributed by atoms with E-state index in [-0.39, 0.29) is 5.91 Å². The summed E-state index contributed by atoms with van der Waals surface area (Å²) < 4.78 is 0. The van der Waals surface area contributed by atoms with E-state index in [1.807, 2.05) is 11.8 Å². The van der Waals surface area contributed by atoms with E-state index in [9.17, 15) is 4.79 Å². The summed E-state index contributed by atoms with van der Waals surface area (Å²) in [5, 5.41) is 7.05. The second-order valence-corrected chi connectivity index (χ2v) is 7.18. The first-order valence-electron chi connectivity index (χ1n) is 7.89. The number of hydrogen-bond donors (Lipinski definition) is 2. The Hall–Kier alpha value is -0.260. The summed E-state index contributed by atoms with van der Waals surface area (Å²) in [6, 6.07) is 0.603. The molecule has 0 atom stereocenters. The van der Waals surface area contributed by atoms with Crippen LogP contribution in [-0.2, 0) is 4.79 Å². The lowest BCUT2D eigenvalue weighted by atomic mass is 10.2. The van der Waals surface area contributed by atoms with E-state index in [1.54, 1.807) is 0 Å². The number of carbonyl (C=O) groups excluding carboxylic acids is 1. The highest BCUT2D eigenvalue weighted by molar-refractivity contribution is 8.00. The van der Waals surface area contributed by atoms with Crippen molar-refractivity contribution in [1.82, 2.24) is 15.5 Å². The lowest BCUT2D eigenvalue weighted by molar-refractivity contribution is -0.118. The van der Waals surface area contributed by atoms with Gasteiger partial charge in [0, 0.05) is 17.8 Å². The number of unbranched alkanes of at least 4 members (excludes halogenated alkanes) is 1. The van der Waals surface area contributed by atoms with Crippen molar-refractivity contribution in [2.75, 3.05) is 39.0 Å². The molecule has 0 aromatic carbocycles. The topological polar surface area (TPSA) is 44.4 Å². The van der Waals surface area contributed by atoms with Gasteiger partial charge in [0.05, 0.1) is 5.75 Å². The lowest BCUT2D eigenvalue weighted by Gasteiger charge is -2.22. The highest BCUT2D eigenvalue weighted by Gasteiger charge is 2.14. The van der Waals surface area contributed by atoms with Crippen LogP contribution in [0.5, 0.6) is 0 Å². The third-order valence-corrected chi connectivity index (χ3v) is 5.25. The van der Waals surface area contributed by atoms with Crippen molar-refractivity contribution in [2.24, 2.45) is 0 Å². The molecule has 0 radical (unpaired) electrons. The first kappa shape index (κ1) is 17.8. The van der Waals surface area contributed by atoms with Crippen molar-refractivity contribution in [1.29, 1.82) is 0 Å². The van der Waals surface area contributed by atoms with E-state index < -0.39 is 0 Å². The maximum absolute atomic E-state index is 11.7. The Kier molecular flexibility index (Phi) is 9.31. The van der Waals surface area contributed by atoms with Crippen LogP contribution in [0.15, 0.2) is 0 Å². The van der Waals surface area contributed by atoms with E-state index >= 15 is 0 Å². The van der Waals surface area contributed by atoms with Crippen LogP contribution in [0, 0.1) is 0 Å². The molecule has 1 rings (SSSR count). The van der Waals surface area contributed by atoms with Crippen LogP contribution in [0.3, 0.4) is 0 Å². The summed E-state index contributed by atoms with van der Waals surface area (Å²) in [5.74, 6) is 0.821. The molecule has 2 N–H and O–H groups in total. The lowest BCUT2D eigenvalue weighted by Crippen LogP contribution is -2.32. The van der Waals surface area contributed by atoms with Crippen LogP contribution in [0.25, 0.3) is 0 Å². The molecular formula is C15H31N3OS. The van der Waals surface area contributed by atoms with E-state index in [1.165, 1.54) is 12.8 Å². The molecule has 0 aromatic rings. The standard InChI is InChI=1S/C15H31N3OS/c1-13(2)18(3)11-5-4-8-17-15(19)12-20-14-6-9-16-10-7-14/h13-14,16H,4-12H2,1-3H3,(H,17,19). The molecule has 1 saturated heterocycles. The quantitative estimate of drug-likeness (QED) is 0.636. The highest BCUT2D eigenvalue weighted by atomic mass is 32.2. The predicted molar refractivity (Wildman–Crippen MR) is 88.4 cm³/mol. The van der Waals surface area contributed by atoms with E-state index in [0.29, 0.717) is 17.0 Å². The minimum Gasteiger partial charge on any atom is -0.355 e. The number of nitrogens with zero attached hydrogens (tertiary/aromatic N) is 1. The van der Waals surface area contributed by atoms with Crippen LogP contribution < -0.4 is 10.6 Å². The number of hydrogen-bond acceptors (Lipinski definition) is 4. The molecule has 20 heavy (non-hydrogen) atoms. The molecular weight excluding hydrogens is 270 g/mol. The summed E-state index contributed by atoms with van der Waals surface area (Å²) in [7, 11) is 2.15. The Morgan fingerprint density at radius 2 is 2.05 bits per heavy atom. The second-order valence-electron chi connectivity index (χ2n) is 5.89. The summed E-state index contributed by atoms with van der Waals surface area (Å²) in [6.45, 7) is 8.54. The molecule has 4 nitrogen and oxygen atoms in total. The molecule has 0 aliphatic carbocycles.